The van der Waals surface area contributed by atoms with E-state index in [9.17, 15) is 14.0 Å². The van der Waals surface area contributed by atoms with Gasteiger partial charge in [-0.2, -0.15) is 0 Å². The highest BCUT2D eigenvalue weighted by atomic mass is 19.1. The van der Waals surface area contributed by atoms with Crippen LogP contribution in [0.4, 0.5) is 21.5 Å². The molecule has 6 nitrogen and oxygen atoms in total. The molecular weight excluding hydrogens is 373 g/mol. The Hall–Kier alpha value is -3.87. The number of rotatable bonds is 2. The maximum absolute atomic E-state index is 13.6. The Kier molecular flexibility index (Phi) is 3.61. The van der Waals surface area contributed by atoms with Crippen molar-refractivity contribution in [3.63, 3.8) is 0 Å². The molecule has 0 bridgehead atoms. The average Bonchev–Trinajstić information content (AvgIpc) is 3.01. The molecule has 2 aliphatic heterocycles. The zero-order chi connectivity index (χ0) is 20.2. The van der Waals surface area contributed by atoms with Crippen molar-refractivity contribution in [3.05, 3.63) is 83.7 Å². The van der Waals surface area contributed by atoms with Crippen molar-refractivity contribution < 1.29 is 18.7 Å². The van der Waals surface area contributed by atoms with Gasteiger partial charge in [-0.3, -0.25) is 14.5 Å². The lowest BCUT2D eigenvalue weighted by Gasteiger charge is -2.44. The first-order valence-electron chi connectivity index (χ1n) is 9.02. The second-order valence-electron chi connectivity index (χ2n) is 6.83. The van der Waals surface area contributed by atoms with Gasteiger partial charge in [-0.15, -0.1) is 0 Å². The Balaban J connectivity index is 1.81. The van der Waals surface area contributed by atoms with E-state index in [0.717, 1.165) is 0 Å². The molecule has 0 aliphatic carbocycles. The van der Waals surface area contributed by atoms with Crippen molar-refractivity contribution in [1.82, 2.24) is 0 Å². The van der Waals surface area contributed by atoms with E-state index >= 15 is 0 Å². The first kappa shape index (κ1) is 17.2. The summed E-state index contributed by atoms with van der Waals surface area (Å²) in [7, 11) is 1.51. The van der Waals surface area contributed by atoms with Gasteiger partial charge in [0, 0.05) is 16.9 Å². The van der Waals surface area contributed by atoms with Gasteiger partial charge in [-0.1, -0.05) is 24.3 Å². The Bertz CT molecular complexity index is 1160. The molecule has 0 radical (unpaired) electrons. The third-order valence-corrected chi connectivity index (χ3v) is 5.30. The minimum Gasteiger partial charge on any atom is -0.495 e. The predicted molar refractivity (Wildman–Crippen MR) is 107 cm³/mol. The van der Waals surface area contributed by atoms with Crippen molar-refractivity contribution >= 4 is 28.9 Å². The molecule has 0 saturated heterocycles. The third-order valence-electron chi connectivity index (χ3n) is 5.30. The van der Waals surface area contributed by atoms with E-state index < -0.39 is 17.4 Å². The molecule has 1 spiro atoms. The molecular formula is C22H16FN3O3. The molecule has 29 heavy (non-hydrogen) atoms. The number of amides is 2. The van der Waals surface area contributed by atoms with Crippen molar-refractivity contribution in [2.45, 2.75) is 5.66 Å². The molecule has 0 saturated carbocycles. The highest BCUT2D eigenvalue weighted by Crippen LogP contribution is 2.49. The summed E-state index contributed by atoms with van der Waals surface area (Å²) >= 11 is 0. The van der Waals surface area contributed by atoms with Gasteiger partial charge in [0.15, 0.2) is 0 Å². The Morgan fingerprint density at radius 2 is 1.72 bits per heavy atom. The topological polar surface area (TPSA) is 70.7 Å². The maximum atomic E-state index is 13.6. The highest BCUT2D eigenvalue weighted by Gasteiger charge is 2.57. The summed E-state index contributed by atoms with van der Waals surface area (Å²) in [6, 6.07) is 17.7. The van der Waals surface area contributed by atoms with Crippen LogP contribution in [0.3, 0.4) is 0 Å². The predicted octanol–water partition coefficient (Wildman–Crippen LogP) is 3.71. The monoisotopic (exact) mass is 389 g/mol. The van der Waals surface area contributed by atoms with Crippen LogP contribution in [-0.2, 0) is 10.5 Å². The number of halogens is 1. The summed E-state index contributed by atoms with van der Waals surface area (Å²) in [6.07, 6.45) is 0. The second kappa shape index (κ2) is 6.07. The van der Waals surface area contributed by atoms with Gasteiger partial charge in [0.05, 0.1) is 18.4 Å². The molecule has 2 heterocycles. The number of methoxy groups -OCH3 is 1. The number of ether oxygens (including phenoxy) is 1. The van der Waals surface area contributed by atoms with E-state index in [1.54, 1.807) is 42.5 Å². The van der Waals surface area contributed by atoms with Gasteiger partial charge in [-0.25, -0.2) is 4.39 Å². The molecule has 1 atom stereocenters. The molecule has 2 N–H and O–H groups in total. The zero-order valence-electron chi connectivity index (χ0n) is 15.4. The van der Waals surface area contributed by atoms with E-state index in [1.807, 2.05) is 0 Å². The number of fused-ring (bicyclic) bond motifs is 3. The third kappa shape index (κ3) is 2.27. The fraction of sp³-hybridized carbons (Fsp3) is 0.0909. The summed E-state index contributed by atoms with van der Waals surface area (Å²) in [5, 5.41) is 6.11. The van der Waals surface area contributed by atoms with Gasteiger partial charge < -0.3 is 15.4 Å². The fourth-order valence-electron chi connectivity index (χ4n) is 4.01. The summed E-state index contributed by atoms with van der Waals surface area (Å²) in [6.45, 7) is 0. The Labute approximate surface area is 165 Å². The Morgan fingerprint density at radius 3 is 2.48 bits per heavy atom. The number of anilines is 3. The molecule has 0 aromatic heterocycles. The zero-order valence-corrected chi connectivity index (χ0v) is 15.4. The number of hydrogen-bond donors (Lipinski definition) is 2. The minimum absolute atomic E-state index is 0.364. The number of carbonyl (C=O) groups is 2. The number of benzene rings is 3. The van der Waals surface area contributed by atoms with Crippen LogP contribution in [0.25, 0.3) is 0 Å². The molecule has 7 heteroatoms. The number of hydrogen-bond acceptors (Lipinski definition) is 4. The first-order valence-corrected chi connectivity index (χ1v) is 9.02. The minimum atomic E-state index is -1.53. The van der Waals surface area contributed by atoms with Crippen molar-refractivity contribution in [3.8, 4) is 5.75 Å². The van der Waals surface area contributed by atoms with E-state index in [4.69, 9.17) is 4.74 Å². The van der Waals surface area contributed by atoms with Gasteiger partial charge in [0.1, 0.15) is 11.6 Å². The first-order chi connectivity index (χ1) is 14.1. The van der Waals surface area contributed by atoms with Crippen LogP contribution in [0.2, 0.25) is 0 Å². The summed E-state index contributed by atoms with van der Waals surface area (Å²) in [5.41, 5.74) is 0.867. The van der Waals surface area contributed by atoms with Crippen molar-refractivity contribution in [1.29, 1.82) is 0 Å². The smallest absolute Gasteiger partial charge is 0.276 e. The lowest BCUT2D eigenvalue weighted by molar-refractivity contribution is -0.119. The van der Waals surface area contributed by atoms with E-state index in [0.29, 0.717) is 33.9 Å². The van der Waals surface area contributed by atoms with Gasteiger partial charge in [0.25, 0.3) is 11.8 Å². The van der Waals surface area contributed by atoms with E-state index in [2.05, 4.69) is 10.6 Å². The molecule has 3 aromatic carbocycles. The van der Waals surface area contributed by atoms with Gasteiger partial charge in [-0.05, 0) is 42.5 Å². The van der Waals surface area contributed by atoms with Gasteiger partial charge in [0.2, 0.25) is 5.66 Å². The van der Waals surface area contributed by atoms with Crippen LogP contribution in [-0.4, -0.2) is 18.9 Å². The summed E-state index contributed by atoms with van der Waals surface area (Å²) in [5.74, 6) is -0.737. The molecule has 5 rings (SSSR count). The summed E-state index contributed by atoms with van der Waals surface area (Å²) in [4.78, 5) is 28.3. The van der Waals surface area contributed by atoms with Crippen molar-refractivity contribution in [2.24, 2.45) is 0 Å². The van der Waals surface area contributed by atoms with Crippen LogP contribution in [0.15, 0.2) is 66.7 Å². The highest BCUT2D eigenvalue weighted by molar-refractivity contribution is 6.22. The lowest BCUT2D eigenvalue weighted by atomic mass is 9.92. The number of carbonyl (C=O) groups excluding carboxylic acids is 2. The van der Waals surface area contributed by atoms with Gasteiger partial charge >= 0.3 is 0 Å². The quantitative estimate of drug-likeness (QED) is 0.701. The fourth-order valence-corrected chi connectivity index (χ4v) is 4.01. The normalized spacial score (nSPS) is 19.4. The van der Waals surface area contributed by atoms with E-state index in [1.165, 1.54) is 36.3 Å². The van der Waals surface area contributed by atoms with Crippen LogP contribution >= 0.6 is 0 Å². The second-order valence-corrected chi connectivity index (χ2v) is 6.83. The Morgan fingerprint density at radius 1 is 0.966 bits per heavy atom. The average molecular weight is 389 g/mol. The molecule has 144 valence electrons. The molecule has 0 fully saturated rings. The molecule has 1 unspecified atom stereocenters. The maximum Gasteiger partial charge on any atom is 0.276 e. The molecule has 2 amide bonds. The molecule has 2 aliphatic rings. The SMILES string of the molecule is COc1cccc2c1NC(=O)C21Nc2ccccc2C(=O)N1c1ccc(F)cc1. The largest absolute Gasteiger partial charge is 0.495 e. The van der Waals surface area contributed by atoms with Crippen LogP contribution < -0.4 is 20.3 Å². The molecule has 3 aromatic rings. The lowest BCUT2D eigenvalue weighted by Crippen LogP contribution is -2.61. The van der Waals surface area contributed by atoms with E-state index in [-0.39, 0.29) is 5.91 Å². The standard InChI is InChI=1S/C22H16FN3O3/c1-29-18-8-4-6-16-19(18)24-21(28)22(16)25-17-7-3-2-5-15(17)20(27)26(22)14-11-9-13(23)10-12-14/h2-12,25H,1H3,(H,24,28). The number of nitrogens with one attached hydrogen (secondary N) is 2. The number of nitrogens with zero attached hydrogens (tertiary/aromatic N) is 1. The van der Waals surface area contributed by atoms with Crippen LogP contribution in [0.1, 0.15) is 15.9 Å². The van der Waals surface area contributed by atoms with Crippen LogP contribution in [0.5, 0.6) is 5.75 Å². The van der Waals surface area contributed by atoms with Crippen LogP contribution in [0, 0.1) is 5.82 Å². The summed E-state index contributed by atoms with van der Waals surface area (Å²) < 4.78 is 19.0. The van der Waals surface area contributed by atoms with Crippen molar-refractivity contribution in [2.75, 3.05) is 22.6 Å². The number of para-hydroxylation sites is 2.